The Kier molecular flexibility index (Phi) is 3.96. The Morgan fingerprint density at radius 3 is 2.89 bits per heavy atom. The Bertz CT molecular complexity index is 649. The third-order valence-corrected chi connectivity index (χ3v) is 2.56. The van der Waals surface area contributed by atoms with Crippen molar-refractivity contribution in [2.75, 3.05) is 11.9 Å². The van der Waals surface area contributed by atoms with Gasteiger partial charge in [0.15, 0.2) is 0 Å². The smallest absolute Gasteiger partial charge is 0.258 e. The van der Waals surface area contributed by atoms with E-state index in [0.717, 1.165) is 0 Å². The number of aromatic nitrogens is 2. The van der Waals surface area contributed by atoms with Crippen LogP contribution in [0.15, 0.2) is 36.5 Å². The summed E-state index contributed by atoms with van der Waals surface area (Å²) in [5, 5.41) is 6.78. The van der Waals surface area contributed by atoms with Gasteiger partial charge >= 0.3 is 0 Å². The molecule has 19 heavy (non-hydrogen) atoms. The summed E-state index contributed by atoms with van der Waals surface area (Å²) in [5.41, 5.74) is 6.52. The lowest BCUT2D eigenvalue weighted by Crippen LogP contribution is -2.15. The minimum Gasteiger partial charge on any atom is -0.320 e. The number of amides is 1. The molecule has 1 amide bonds. The highest BCUT2D eigenvalue weighted by molar-refractivity contribution is 6.05. The molecular weight excluding hydrogens is 240 g/mol. The molecule has 0 atom stereocenters. The van der Waals surface area contributed by atoms with Crippen molar-refractivity contribution in [1.29, 1.82) is 0 Å². The van der Waals surface area contributed by atoms with E-state index in [0.29, 0.717) is 16.9 Å². The van der Waals surface area contributed by atoms with Crippen LogP contribution in [0.1, 0.15) is 15.9 Å². The minimum atomic E-state index is -0.217. The first-order chi connectivity index (χ1) is 9.22. The summed E-state index contributed by atoms with van der Waals surface area (Å²) in [4.78, 5) is 12.2. The number of carbonyl (C=O) groups is 1. The van der Waals surface area contributed by atoms with Gasteiger partial charge in [-0.3, -0.25) is 9.48 Å². The molecule has 1 aromatic heterocycles. The van der Waals surface area contributed by atoms with Gasteiger partial charge in [0.05, 0.1) is 18.3 Å². The lowest BCUT2D eigenvalue weighted by molar-refractivity contribution is 0.102. The lowest BCUT2D eigenvalue weighted by atomic mass is 10.1. The van der Waals surface area contributed by atoms with Gasteiger partial charge in [0.2, 0.25) is 0 Å². The van der Waals surface area contributed by atoms with E-state index < -0.39 is 0 Å². The largest absolute Gasteiger partial charge is 0.320 e. The Balaban J connectivity index is 2.26. The van der Waals surface area contributed by atoms with Crippen molar-refractivity contribution in [3.8, 4) is 11.8 Å². The summed E-state index contributed by atoms with van der Waals surface area (Å²) in [6, 6.07) is 8.88. The van der Waals surface area contributed by atoms with Gasteiger partial charge in [-0.05, 0) is 12.1 Å². The molecule has 2 rings (SSSR count). The third-order valence-electron chi connectivity index (χ3n) is 2.56. The summed E-state index contributed by atoms with van der Waals surface area (Å²) in [6.07, 6.45) is 1.62. The van der Waals surface area contributed by atoms with E-state index in [1.807, 2.05) is 6.07 Å². The van der Waals surface area contributed by atoms with Crippen molar-refractivity contribution >= 4 is 11.7 Å². The summed E-state index contributed by atoms with van der Waals surface area (Å²) in [5.74, 6) is 6.05. The molecular formula is C14H14N4O. The molecule has 1 heterocycles. The summed E-state index contributed by atoms with van der Waals surface area (Å²) in [7, 11) is 1.76. The number of rotatable bonds is 2. The third kappa shape index (κ3) is 3.00. The lowest BCUT2D eigenvalue weighted by Gasteiger charge is -2.06. The molecule has 3 N–H and O–H groups in total. The van der Waals surface area contributed by atoms with Crippen molar-refractivity contribution in [2.45, 2.75) is 0 Å². The number of nitrogens with two attached hydrogens (primary N) is 1. The first kappa shape index (κ1) is 12.9. The molecule has 0 aliphatic rings. The van der Waals surface area contributed by atoms with E-state index in [1.54, 1.807) is 42.2 Å². The molecule has 5 nitrogen and oxygen atoms in total. The number of nitrogens with zero attached hydrogens (tertiary/aromatic N) is 2. The second kappa shape index (κ2) is 5.85. The van der Waals surface area contributed by atoms with E-state index in [-0.39, 0.29) is 12.5 Å². The van der Waals surface area contributed by atoms with Gasteiger partial charge in [-0.15, -0.1) is 0 Å². The average molecular weight is 254 g/mol. The van der Waals surface area contributed by atoms with Crippen LogP contribution in [-0.2, 0) is 7.05 Å². The van der Waals surface area contributed by atoms with Crippen molar-refractivity contribution in [1.82, 2.24) is 9.78 Å². The highest BCUT2D eigenvalue weighted by Crippen LogP contribution is 2.11. The monoisotopic (exact) mass is 254 g/mol. The highest BCUT2D eigenvalue weighted by atomic mass is 16.1. The highest BCUT2D eigenvalue weighted by Gasteiger charge is 2.11. The minimum absolute atomic E-state index is 0.217. The second-order valence-corrected chi connectivity index (χ2v) is 3.85. The molecule has 0 aliphatic heterocycles. The molecule has 0 radical (unpaired) electrons. The predicted octanol–water partition coefficient (Wildman–Crippen LogP) is 0.983. The molecule has 2 aromatic rings. The SMILES string of the molecule is Cn1nccc1NC(=O)c1ccccc1C#CCN. The van der Waals surface area contributed by atoms with Crippen LogP contribution in [0.5, 0.6) is 0 Å². The fourth-order valence-corrected chi connectivity index (χ4v) is 1.62. The number of aryl methyl sites for hydroxylation is 1. The molecule has 0 aliphatic carbocycles. The van der Waals surface area contributed by atoms with Crippen LogP contribution in [0.2, 0.25) is 0 Å². The number of anilines is 1. The molecule has 0 saturated heterocycles. The van der Waals surface area contributed by atoms with Crippen molar-refractivity contribution in [3.05, 3.63) is 47.7 Å². The second-order valence-electron chi connectivity index (χ2n) is 3.85. The van der Waals surface area contributed by atoms with Crippen LogP contribution in [0.3, 0.4) is 0 Å². The van der Waals surface area contributed by atoms with E-state index in [9.17, 15) is 4.79 Å². The molecule has 1 aromatic carbocycles. The molecule has 0 spiro atoms. The van der Waals surface area contributed by atoms with E-state index in [2.05, 4.69) is 22.3 Å². The number of hydrogen-bond acceptors (Lipinski definition) is 3. The zero-order valence-electron chi connectivity index (χ0n) is 10.6. The van der Waals surface area contributed by atoms with Gasteiger partial charge in [-0.2, -0.15) is 5.10 Å². The molecule has 0 bridgehead atoms. The molecule has 96 valence electrons. The van der Waals surface area contributed by atoms with Crippen LogP contribution >= 0.6 is 0 Å². The standard InChI is InChI=1S/C14H14N4O/c1-18-13(8-10-16-18)17-14(19)12-7-3-2-5-11(12)6-4-9-15/h2-3,5,7-8,10H,9,15H2,1H3,(H,17,19). The maximum absolute atomic E-state index is 12.2. The number of nitrogens with one attached hydrogen (secondary N) is 1. The van der Waals surface area contributed by atoms with Gasteiger partial charge in [0, 0.05) is 18.7 Å². The van der Waals surface area contributed by atoms with Crippen molar-refractivity contribution in [2.24, 2.45) is 12.8 Å². The first-order valence-electron chi connectivity index (χ1n) is 5.79. The maximum atomic E-state index is 12.2. The van der Waals surface area contributed by atoms with Gasteiger partial charge in [0.1, 0.15) is 5.82 Å². The van der Waals surface area contributed by atoms with Crippen molar-refractivity contribution in [3.63, 3.8) is 0 Å². The zero-order valence-corrected chi connectivity index (χ0v) is 10.6. The molecule has 5 heteroatoms. The number of hydrogen-bond donors (Lipinski definition) is 2. The van der Waals surface area contributed by atoms with Crippen LogP contribution < -0.4 is 11.1 Å². The summed E-state index contributed by atoms with van der Waals surface area (Å²) in [6.45, 7) is 0.262. The normalized spacial score (nSPS) is 9.58. The maximum Gasteiger partial charge on any atom is 0.258 e. The van der Waals surface area contributed by atoms with Gasteiger partial charge in [-0.1, -0.05) is 24.0 Å². The van der Waals surface area contributed by atoms with Crippen LogP contribution in [-0.4, -0.2) is 22.2 Å². The van der Waals surface area contributed by atoms with Crippen molar-refractivity contribution < 1.29 is 4.79 Å². The first-order valence-corrected chi connectivity index (χ1v) is 5.79. The average Bonchev–Trinajstić information content (AvgIpc) is 2.82. The van der Waals surface area contributed by atoms with E-state index in [4.69, 9.17) is 5.73 Å². The Labute approximate surface area is 111 Å². The van der Waals surface area contributed by atoms with Crippen LogP contribution in [0.25, 0.3) is 0 Å². The quantitative estimate of drug-likeness (QED) is 0.785. The summed E-state index contributed by atoms with van der Waals surface area (Å²) >= 11 is 0. The Hall–Kier alpha value is -2.58. The topological polar surface area (TPSA) is 72.9 Å². The number of carbonyl (C=O) groups excluding carboxylic acids is 1. The number of benzene rings is 1. The molecule has 0 fully saturated rings. The molecule has 0 saturated carbocycles. The van der Waals surface area contributed by atoms with Crippen LogP contribution in [0, 0.1) is 11.8 Å². The Morgan fingerprint density at radius 1 is 1.42 bits per heavy atom. The fraction of sp³-hybridized carbons (Fsp3) is 0.143. The van der Waals surface area contributed by atoms with Gasteiger partial charge < -0.3 is 11.1 Å². The molecule has 0 unspecified atom stereocenters. The fourth-order valence-electron chi connectivity index (χ4n) is 1.62. The van der Waals surface area contributed by atoms with Gasteiger partial charge in [0.25, 0.3) is 5.91 Å². The predicted molar refractivity (Wildman–Crippen MR) is 73.5 cm³/mol. The Morgan fingerprint density at radius 2 is 2.21 bits per heavy atom. The van der Waals surface area contributed by atoms with Crippen LogP contribution in [0.4, 0.5) is 5.82 Å². The van der Waals surface area contributed by atoms with Gasteiger partial charge in [-0.25, -0.2) is 0 Å². The van der Waals surface area contributed by atoms with E-state index >= 15 is 0 Å². The van der Waals surface area contributed by atoms with E-state index in [1.165, 1.54) is 0 Å². The summed E-state index contributed by atoms with van der Waals surface area (Å²) < 4.78 is 1.59. The zero-order chi connectivity index (χ0) is 13.7.